The van der Waals surface area contributed by atoms with Crippen molar-refractivity contribution >= 4 is 16.5 Å². The van der Waals surface area contributed by atoms with Crippen molar-refractivity contribution in [3.63, 3.8) is 0 Å². The molecule has 0 aliphatic carbocycles. The molecule has 0 amide bonds. The first-order chi connectivity index (χ1) is 12.2. The summed E-state index contributed by atoms with van der Waals surface area (Å²) in [5, 5.41) is 4.99. The van der Waals surface area contributed by atoms with Crippen molar-refractivity contribution in [2.24, 2.45) is 0 Å². The molecule has 3 aromatic rings. The molecule has 0 bridgehead atoms. The number of nitrogens with zero attached hydrogens (tertiary/aromatic N) is 2. The molecule has 3 rings (SSSR count). The molecule has 1 N–H and O–H groups in total. The maximum absolute atomic E-state index is 12.9. The van der Waals surface area contributed by atoms with Gasteiger partial charge in [-0.25, -0.2) is 0 Å². The predicted octanol–water partition coefficient (Wildman–Crippen LogP) is 3.10. The average Bonchev–Trinajstić information content (AvgIpc) is 2.66. The van der Waals surface area contributed by atoms with E-state index in [4.69, 9.17) is 0 Å². The molecule has 0 aliphatic rings. The summed E-state index contributed by atoms with van der Waals surface area (Å²) < 4.78 is 1.78. The lowest BCUT2D eigenvalue weighted by atomic mass is 10.1. The second kappa shape index (κ2) is 7.99. The highest BCUT2D eigenvalue weighted by Gasteiger charge is 2.11. The number of aromatic nitrogens is 1. The Morgan fingerprint density at radius 2 is 1.80 bits per heavy atom. The summed E-state index contributed by atoms with van der Waals surface area (Å²) in [5.41, 5.74) is 2.32. The molecule has 2 aromatic carbocycles. The number of nitrogens with one attached hydrogen (secondary N) is 1. The lowest BCUT2D eigenvalue weighted by molar-refractivity contribution is 0.738. The number of benzene rings is 2. The number of anilines is 1. The second-order valence-electron chi connectivity index (χ2n) is 6.16. The zero-order valence-electron chi connectivity index (χ0n) is 14.9. The van der Waals surface area contributed by atoms with Gasteiger partial charge >= 0.3 is 0 Å². The van der Waals surface area contributed by atoms with Gasteiger partial charge in [0, 0.05) is 42.3 Å². The van der Waals surface area contributed by atoms with Crippen LogP contribution in [-0.4, -0.2) is 31.2 Å². The van der Waals surface area contributed by atoms with Crippen LogP contribution in [0.1, 0.15) is 12.5 Å². The monoisotopic (exact) mass is 335 g/mol. The van der Waals surface area contributed by atoms with Gasteiger partial charge in [0.05, 0.1) is 6.54 Å². The summed E-state index contributed by atoms with van der Waals surface area (Å²) in [7, 11) is 1.96. The Kier molecular flexibility index (Phi) is 5.51. The fraction of sp³-hybridized carbons (Fsp3) is 0.286. The summed E-state index contributed by atoms with van der Waals surface area (Å²) in [6, 6.07) is 18.2. The molecule has 0 saturated carbocycles. The van der Waals surface area contributed by atoms with Crippen LogP contribution < -0.4 is 15.8 Å². The second-order valence-corrected chi connectivity index (χ2v) is 6.16. The molecule has 130 valence electrons. The van der Waals surface area contributed by atoms with E-state index in [1.807, 2.05) is 55.7 Å². The van der Waals surface area contributed by atoms with E-state index >= 15 is 0 Å². The predicted molar refractivity (Wildman–Crippen MR) is 106 cm³/mol. The molecule has 1 heterocycles. The zero-order chi connectivity index (χ0) is 17.6. The number of hydrogen-bond acceptors (Lipinski definition) is 3. The van der Waals surface area contributed by atoms with Gasteiger partial charge in [-0.15, -0.1) is 0 Å². The number of pyridine rings is 1. The van der Waals surface area contributed by atoms with Gasteiger partial charge in [0.15, 0.2) is 0 Å². The Bertz CT molecular complexity index is 887. The normalized spacial score (nSPS) is 11.0. The third kappa shape index (κ3) is 3.74. The van der Waals surface area contributed by atoms with E-state index in [0.29, 0.717) is 6.54 Å². The van der Waals surface area contributed by atoms with Crippen LogP contribution in [0.2, 0.25) is 0 Å². The molecule has 1 aromatic heterocycles. The Labute approximate surface area is 148 Å². The van der Waals surface area contributed by atoms with E-state index in [-0.39, 0.29) is 5.56 Å². The molecular formula is C21H25N3O. The smallest absolute Gasteiger partial charge is 0.258 e. The van der Waals surface area contributed by atoms with Gasteiger partial charge in [-0.3, -0.25) is 4.79 Å². The van der Waals surface area contributed by atoms with Crippen LogP contribution in [0, 0.1) is 0 Å². The topological polar surface area (TPSA) is 37.3 Å². The first kappa shape index (κ1) is 17.2. The summed E-state index contributed by atoms with van der Waals surface area (Å²) in [6.07, 6.45) is 1.91. The van der Waals surface area contributed by atoms with Gasteiger partial charge in [-0.2, -0.15) is 0 Å². The van der Waals surface area contributed by atoms with E-state index in [1.54, 1.807) is 4.57 Å². The molecule has 0 atom stereocenters. The van der Waals surface area contributed by atoms with Gasteiger partial charge < -0.3 is 14.8 Å². The Morgan fingerprint density at radius 1 is 1.00 bits per heavy atom. The van der Waals surface area contributed by atoms with Gasteiger partial charge in [0.1, 0.15) is 0 Å². The standard InChI is InChI=1S/C21H25N3O/c1-3-23(15-13-22-2)20-11-7-10-19-18(20)12-14-24(21(19)25)16-17-8-5-4-6-9-17/h4-12,14,22H,3,13,15-16H2,1-2H3. The minimum atomic E-state index is 0.0628. The zero-order valence-corrected chi connectivity index (χ0v) is 14.9. The molecule has 0 aliphatic heterocycles. The Morgan fingerprint density at radius 3 is 2.52 bits per heavy atom. The van der Waals surface area contributed by atoms with E-state index in [2.05, 4.69) is 29.3 Å². The molecular weight excluding hydrogens is 310 g/mol. The van der Waals surface area contributed by atoms with Crippen molar-refractivity contribution in [2.45, 2.75) is 13.5 Å². The van der Waals surface area contributed by atoms with E-state index < -0.39 is 0 Å². The molecule has 25 heavy (non-hydrogen) atoms. The number of likely N-dealkylation sites (N-methyl/N-ethyl adjacent to an activating group) is 2. The van der Waals surface area contributed by atoms with Gasteiger partial charge in [-0.05, 0) is 37.7 Å². The molecule has 4 nitrogen and oxygen atoms in total. The lowest BCUT2D eigenvalue weighted by Gasteiger charge is -2.24. The van der Waals surface area contributed by atoms with Crippen molar-refractivity contribution in [2.75, 3.05) is 31.6 Å². The molecule has 0 saturated heterocycles. The fourth-order valence-corrected chi connectivity index (χ4v) is 3.18. The lowest BCUT2D eigenvalue weighted by Crippen LogP contribution is -2.31. The quantitative estimate of drug-likeness (QED) is 0.721. The van der Waals surface area contributed by atoms with Crippen LogP contribution in [-0.2, 0) is 6.54 Å². The van der Waals surface area contributed by atoms with Crippen molar-refractivity contribution in [3.8, 4) is 0 Å². The molecule has 0 radical (unpaired) electrons. The first-order valence-corrected chi connectivity index (χ1v) is 8.80. The van der Waals surface area contributed by atoms with Crippen molar-refractivity contribution in [3.05, 3.63) is 76.7 Å². The average molecular weight is 335 g/mol. The van der Waals surface area contributed by atoms with E-state index in [9.17, 15) is 4.79 Å². The summed E-state index contributed by atoms with van der Waals surface area (Å²) in [6.45, 7) is 5.48. The van der Waals surface area contributed by atoms with Crippen LogP contribution in [0.15, 0.2) is 65.6 Å². The molecule has 0 spiro atoms. The highest BCUT2D eigenvalue weighted by atomic mass is 16.1. The maximum Gasteiger partial charge on any atom is 0.258 e. The van der Waals surface area contributed by atoms with Crippen molar-refractivity contribution in [1.29, 1.82) is 0 Å². The highest BCUT2D eigenvalue weighted by molar-refractivity contribution is 5.93. The first-order valence-electron chi connectivity index (χ1n) is 8.80. The summed E-state index contributed by atoms with van der Waals surface area (Å²) in [4.78, 5) is 15.2. The Hall–Kier alpha value is -2.59. The van der Waals surface area contributed by atoms with E-state index in [0.717, 1.165) is 41.7 Å². The molecule has 0 fully saturated rings. The molecule has 4 heteroatoms. The number of fused-ring (bicyclic) bond motifs is 1. The Balaban J connectivity index is 2.01. The largest absolute Gasteiger partial charge is 0.370 e. The van der Waals surface area contributed by atoms with Crippen LogP contribution in [0.4, 0.5) is 5.69 Å². The number of hydrogen-bond donors (Lipinski definition) is 1. The SMILES string of the molecule is CCN(CCNC)c1cccc2c(=O)n(Cc3ccccc3)ccc12. The van der Waals surface area contributed by atoms with Crippen LogP contribution in [0.5, 0.6) is 0 Å². The third-order valence-electron chi connectivity index (χ3n) is 4.55. The third-order valence-corrected chi connectivity index (χ3v) is 4.55. The maximum atomic E-state index is 12.9. The minimum Gasteiger partial charge on any atom is -0.370 e. The van der Waals surface area contributed by atoms with E-state index in [1.165, 1.54) is 0 Å². The fourth-order valence-electron chi connectivity index (χ4n) is 3.18. The minimum absolute atomic E-state index is 0.0628. The molecule has 0 unspecified atom stereocenters. The van der Waals surface area contributed by atoms with Crippen molar-refractivity contribution < 1.29 is 0 Å². The highest BCUT2D eigenvalue weighted by Crippen LogP contribution is 2.24. The summed E-state index contributed by atoms with van der Waals surface area (Å²) in [5.74, 6) is 0. The van der Waals surface area contributed by atoms with Gasteiger partial charge in [0.2, 0.25) is 0 Å². The van der Waals surface area contributed by atoms with Crippen LogP contribution in [0.25, 0.3) is 10.8 Å². The summed E-state index contributed by atoms with van der Waals surface area (Å²) >= 11 is 0. The number of rotatable bonds is 7. The van der Waals surface area contributed by atoms with Gasteiger partial charge in [-0.1, -0.05) is 36.4 Å². The van der Waals surface area contributed by atoms with Crippen molar-refractivity contribution in [1.82, 2.24) is 9.88 Å². The van der Waals surface area contributed by atoms with Crippen LogP contribution in [0.3, 0.4) is 0 Å². The van der Waals surface area contributed by atoms with Crippen LogP contribution >= 0.6 is 0 Å². The van der Waals surface area contributed by atoms with Gasteiger partial charge in [0.25, 0.3) is 5.56 Å².